The second-order valence-electron chi connectivity index (χ2n) is 7.55. The molecule has 0 bridgehead atoms. The third kappa shape index (κ3) is 5.14. The number of nitro groups is 1. The van der Waals surface area contributed by atoms with Crippen molar-refractivity contribution in [3.05, 3.63) is 57.5 Å². The van der Waals surface area contributed by atoms with E-state index in [9.17, 15) is 19.3 Å². The molecule has 1 fully saturated rings. The van der Waals surface area contributed by atoms with Gasteiger partial charge < -0.3 is 11.1 Å². The summed E-state index contributed by atoms with van der Waals surface area (Å²) >= 11 is 1.04. The number of pyridine rings is 1. The molecule has 0 spiro atoms. The average molecular weight is 473 g/mol. The Morgan fingerprint density at radius 3 is 2.82 bits per heavy atom. The number of amides is 1. The van der Waals surface area contributed by atoms with E-state index in [-0.39, 0.29) is 23.0 Å². The van der Waals surface area contributed by atoms with Gasteiger partial charge in [0.15, 0.2) is 11.6 Å². The second-order valence-corrected chi connectivity index (χ2v) is 8.56. The SMILES string of the molecule is NCCn1nnnc1Sc1ccc([N+](=O)[O-])cc1C(=O)Nc1ncc(C2CCCC2)cc1F. The predicted octanol–water partition coefficient (Wildman–Crippen LogP) is 3.14. The third-order valence-corrected chi connectivity index (χ3v) is 6.43. The van der Waals surface area contributed by atoms with Gasteiger partial charge in [0.2, 0.25) is 5.16 Å². The topological polar surface area (TPSA) is 155 Å². The minimum Gasteiger partial charge on any atom is -0.329 e. The lowest BCUT2D eigenvalue weighted by Crippen LogP contribution is -2.16. The molecule has 1 aromatic carbocycles. The van der Waals surface area contributed by atoms with Gasteiger partial charge in [-0.1, -0.05) is 12.8 Å². The number of nitrogens with one attached hydrogen (secondary N) is 1. The smallest absolute Gasteiger partial charge is 0.270 e. The van der Waals surface area contributed by atoms with Gasteiger partial charge in [-0.05, 0) is 58.6 Å². The minimum atomic E-state index is -0.737. The van der Waals surface area contributed by atoms with Gasteiger partial charge in [-0.25, -0.2) is 14.1 Å². The molecule has 33 heavy (non-hydrogen) atoms. The number of rotatable bonds is 8. The van der Waals surface area contributed by atoms with Crippen molar-refractivity contribution in [1.29, 1.82) is 0 Å². The highest BCUT2D eigenvalue weighted by Crippen LogP contribution is 2.35. The van der Waals surface area contributed by atoms with Crippen molar-refractivity contribution in [3.63, 3.8) is 0 Å². The number of carbonyl (C=O) groups is 1. The molecule has 0 unspecified atom stereocenters. The molecule has 13 heteroatoms. The van der Waals surface area contributed by atoms with E-state index in [1.165, 1.54) is 22.9 Å². The van der Waals surface area contributed by atoms with Crippen LogP contribution in [0, 0.1) is 15.9 Å². The Labute approximate surface area is 192 Å². The number of nitro benzene ring substituents is 1. The van der Waals surface area contributed by atoms with Gasteiger partial charge >= 0.3 is 0 Å². The van der Waals surface area contributed by atoms with Crippen molar-refractivity contribution in [3.8, 4) is 0 Å². The largest absolute Gasteiger partial charge is 0.329 e. The van der Waals surface area contributed by atoms with E-state index in [2.05, 4.69) is 25.8 Å². The summed E-state index contributed by atoms with van der Waals surface area (Å²) in [6.45, 7) is 0.653. The Balaban J connectivity index is 1.61. The van der Waals surface area contributed by atoms with Gasteiger partial charge in [-0.15, -0.1) is 5.10 Å². The highest BCUT2D eigenvalue weighted by Gasteiger charge is 2.23. The van der Waals surface area contributed by atoms with E-state index in [0.717, 1.165) is 49.1 Å². The van der Waals surface area contributed by atoms with Crippen LogP contribution in [-0.2, 0) is 6.54 Å². The Morgan fingerprint density at radius 2 is 2.12 bits per heavy atom. The van der Waals surface area contributed by atoms with Crippen molar-refractivity contribution in [2.24, 2.45) is 5.73 Å². The van der Waals surface area contributed by atoms with Crippen LogP contribution in [0.2, 0.25) is 0 Å². The zero-order valence-corrected chi connectivity index (χ0v) is 18.3. The van der Waals surface area contributed by atoms with Crippen molar-refractivity contribution in [1.82, 2.24) is 25.2 Å². The first kappa shape index (κ1) is 22.7. The first-order chi connectivity index (χ1) is 16.0. The molecule has 0 saturated heterocycles. The number of carbonyl (C=O) groups excluding carboxylic acids is 1. The highest BCUT2D eigenvalue weighted by molar-refractivity contribution is 7.99. The number of hydrogen-bond donors (Lipinski definition) is 2. The van der Waals surface area contributed by atoms with E-state index in [1.54, 1.807) is 6.20 Å². The molecule has 2 heterocycles. The first-order valence-electron chi connectivity index (χ1n) is 10.4. The second kappa shape index (κ2) is 10.0. The lowest BCUT2D eigenvalue weighted by molar-refractivity contribution is -0.384. The quantitative estimate of drug-likeness (QED) is 0.371. The Bertz CT molecular complexity index is 1180. The van der Waals surface area contributed by atoms with Crippen LogP contribution in [0.3, 0.4) is 0 Å². The number of non-ortho nitro benzene ring substituents is 1. The summed E-state index contributed by atoms with van der Waals surface area (Å²) in [5.41, 5.74) is 6.05. The predicted molar refractivity (Wildman–Crippen MR) is 117 cm³/mol. The molecule has 11 nitrogen and oxygen atoms in total. The van der Waals surface area contributed by atoms with Crippen LogP contribution in [0.5, 0.6) is 0 Å². The van der Waals surface area contributed by atoms with E-state index < -0.39 is 16.6 Å². The van der Waals surface area contributed by atoms with Crippen molar-refractivity contribution < 1.29 is 14.1 Å². The fourth-order valence-electron chi connectivity index (χ4n) is 3.73. The number of tetrazole rings is 1. The zero-order valence-electron chi connectivity index (χ0n) is 17.5. The lowest BCUT2D eigenvalue weighted by Gasteiger charge is -2.12. The van der Waals surface area contributed by atoms with Crippen LogP contribution in [0.4, 0.5) is 15.9 Å². The molecule has 1 aliphatic rings. The lowest BCUT2D eigenvalue weighted by atomic mass is 9.99. The molecule has 4 rings (SSSR count). The van der Waals surface area contributed by atoms with Gasteiger partial charge in [-0.2, -0.15) is 0 Å². The summed E-state index contributed by atoms with van der Waals surface area (Å²) in [7, 11) is 0. The van der Waals surface area contributed by atoms with Gasteiger partial charge in [-0.3, -0.25) is 14.9 Å². The molecule has 0 aliphatic heterocycles. The van der Waals surface area contributed by atoms with E-state index in [4.69, 9.17) is 5.73 Å². The number of nitrogens with two attached hydrogens (primary N) is 1. The monoisotopic (exact) mass is 472 g/mol. The Hall–Kier alpha value is -3.45. The maximum absolute atomic E-state index is 14.7. The molecule has 172 valence electrons. The van der Waals surface area contributed by atoms with Crippen molar-refractivity contribution in [2.75, 3.05) is 11.9 Å². The molecular weight excluding hydrogens is 451 g/mol. The fourth-order valence-corrected chi connectivity index (χ4v) is 4.64. The first-order valence-corrected chi connectivity index (χ1v) is 11.2. The van der Waals surface area contributed by atoms with Gasteiger partial charge in [0, 0.05) is 29.8 Å². The number of benzene rings is 1. The van der Waals surface area contributed by atoms with E-state index in [0.29, 0.717) is 23.1 Å². The van der Waals surface area contributed by atoms with Crippen LogP contribution in [0.25, 0.3) is 0 Å². The standard InChI is InChI=1S/C20H21FN8O3S/c21-16-9-13(12-3-1-2-4-12)11-23-18(16)24-19(30)15-10-14(29(31)32)5-6-17(15)33-20-25-26-27-28(20)8-7-22/h5-6,9-12H,1-4,7-8,22H2,(H,23,24,30). The summed E-state index contributed by atoms with van der Waals surface area (Å²) in [6.07, 6.45) is 5.76. The molecule has 3 aromatic rings. The zero-order chi connectivity index (χ0) is 23.4. The van der Waals surface area contributed by atoms with Crippen molar-refractivity contribution in [2.45, 2.75) is 48.2 Å². The van der Waals surface area contributed by atoms with Crippen LogP contribution >= 0.6 is 11.8 Å². The molecule has 1 saturated carbocycles. The molecule has 1 aliphatic carbocycles. The maximum Gasteiger partial charge on any atom is 0.270 e. The molecule has 1 amide bonds. The minimum absolute atomic E-state index is 0.0300. The third-order valence-electron chi connectivity index (χ3n) is 5.38. The molecule has 0 atom stereocenters. The maximum atomic E-state index is 14.7. The summed E-state index contributed by atoms with van der Waals surface area (Å²) in [6, 6.07) is 5.21. The van der Waals surface area contributed by atoms with E-state index >= 15 is 0 Å². The molecule has 2 aromatic heterocycles. The van der Waals surface area contributed by atoms with Gasteiger partial charge in [0.1, 0.15) is 0 Å². The summed E-state index contributed by atoms with van der Waals surface area (Å²) in [5, 5.41) is 25.4. The van der Waals surface area contributed by atoms with Gasteiger partial charge in [0.05, 0.1) is 17.0 Å². The highest BCUT2D eigenvalue weighted by atomic mass is 32.2. The van der Waals surface area contributed by atoms with Crippen LogP contribution in [-0.4, -0.2) is 42.6 Å². The van der Waals surface area contributed by atoms with Gasteiger partial charge in [0.25, 0.3) is 11.6 Å². The number of aromatic nitrogens is 5. The summed E-state index contributed by atoms with van der Waals surface area (Å²) in [4.78, 5) is 28.1. The van der Waals surface area contributed by atoms with E-state index in [1.807, 2.05) is 0 Å². The van der Waals surface area contributed by atoms with Crippen LogP contribution in [0.1, 0.15) is 47.5 Å². The number of anilines is 1. The normalized spacial score (nSPS) is 13.9. The summed E-state index contributed by atoms with van der Waals surface area (Å²) < 4.78 is 16.2. The Kier molecular flexibility index (Phi) is 6.89. The molecule has 0 radical (unpaired) electrons. The van der Waals surface area contributed by atoms with Crippen molar-refractivity contribution >= 4 is 29.2 Å². The Morgan fingerprint density at radius 1 is 1.33 bits per heavy atom. The molecule has 3 N–H and O–H groups in total. The number of hydrogen-bond acceptors (Lipinski definition) is 9. The number of nitrogens with zero attached hydrogens (tertiary/aromatic N) is 6. The number of halogens is 1. The average Bonchev–Trinajstić information content (AvgIpc) is 3.48. The molecular formula is C20H21FN8O3S. The van der Waals surface area contributed by atoms with Crippen LogP contribution in [0.15, 0.2) is 40.5 Å². The van der Waals surface area contributed by atoms with Crippen LogP contribution < -0.4 is 11.1 Å². The summed E-state index contributed by atoms with van der Waals surface area (Å²) in [5.74, 6) is -1.36. The fraction of sp³-hybridized carbons (Fsp3) is 0.350.